The molecule has 0 aromatic heterocycles. The predicted molar refractivity (Wildman–Crippen MR) is 86.3 cm³/mol. The molecule has 2 aromatic rings. The van der Waals surface area contributed by atoms with Crippen LogP contribution in [0.5, 0.6) is 11.5 Å². The molecule has 1 atom stereocenters. The van der Waals surface area contributed by atoms with Gasteiger partial charge in [-0.25, -0.2) is 0 Å². The fourth-order valence-electron chi connectivity index (χ4n) is 2.25. The Balaban J connectivity index is 2.08. The van der Waals surface area contributed by atoms with E-state index >= 15 is 0 Å². The third-order valence-corrected chi connectivity index (χ3v) is 3.52. The van der Waals surface area contributed by atoms with Crippen LogP contribution in [-0.4, -0.2) is 31.7 Å². The summed E-state index contributed by atoms with van der Waals surface area (Å²) in [5, 5.41) is 10.6. The fraction of sp³-hybridized carbons (Fsp3) is 0.294. The highest BCUT2D eigenvalue weighted by molar-refractivity contribution is 5.36. The van der Waals surface area contributed by atoms with Gasteiger partial charge in [-0.3, -0.25) is 10.1 Å². The standard InChI is InChI=1S/C17H17F2NO5/c1-23-14-7-3-12(4-8-14)16(24-2)17(18,19)11-25-15-9-5-13(6-10-15)20(21)22/h3-10,16H,11H2,1-2H3. The largest absolute Gasteiger partial charge is 0.497 e. The summed E-state index contributed by atoms with van der Waals surface area (Å²) in [7, 11) is 2.67. The van der Waals surface area contributed by atoms with Gasteiger partial charge in [0.05, 0.1) is 12.0 Å². The van der Waals surface area contributed by atoms with Gasteiger partial charge in [-0.05, 0) is 29.8 Å². The van der Waals surface area contributed by atoms with E-state index in [2.05, 4.69) is 0 Å². The van der Waals surface area contributed by atoms with Crippen LogP contribution in [0, 0.1) is 10.1 Å². The van der Waals surface area contributed by atoms with Crippen LogP contribution in [0.2, 0.25) is 0 Å². The second-order valence-corrected chi connectivity index (χ2v) is 5.19. The number of rotatable bonds is 8. The van der Waals surface area contributed by atoms with E-state index in [1.54, 1.807) is 12.1 Å². The quantitative estimate of drug-likeness (QED) is 0.530. The lowest BCUT2D eigenvalue weighted by Crippen LogP contribution is -2.34. The predicted octanol–water partition coefficient (Wildman–Crippen LogP) is 4.01. The normalized spacial score (nSPS) is 12.5. The maximum Gasteiger partial charge on any atom is 0.310 e. The molecule has 0 aliphatic carbocycles. The van der Waals surface area contributed by atoms with E-state index in [1.165, 1.54) is 50.6 Å². The molecule has 0 bridgehead atoms. The van der Waals surface area contributed by atoms with Crippen LogP contribution in [0.4, 0.5) is 14.5 Å². The van der Waals surface area contributed by atoms with Gasteiger partial charge in [0.2, 0.25) is 0 Å². The first kappa shape index (κ1) is 18.6. The maximum absolute atomic E-state index is 14.5. The average Bonchev–Trinajstić information content (AvgIpc) is 2.61. The van der Waals surface area contributed by atoms with Crippen molar-refractivity contribution in [3.05, 3.63) is 64.2 Å². The minimum Gasteiger partial charge on any atom is -0.497 e. The van der Waals surface area contributed by atoms with Gasteiger partial charge in [0.15, 0.2) is 6.61 Å². The molecule has 2 aromatic carbocycles. The number of benzene rings is 2. The van der Waals surface area contributed by atoms with Crippen LogP contribution in [0.1, 0.15) is 11.7 Å². The number of non-ortho nitro benzene ring substituents is 1. The second-order valence-electron chi connectivity index (χ2n) is 5.19. The molecule has 25 heavy (non-hydrogen) atoms. The Kier molecular flexibility index (Phi) is 5.87. The van der Waals surface area contributed by atoms with E-state index in [-0.39, 0.29) is 17.0 Å². The van der Waals surface area contributed by atoms with Crippen molar-refractivity contribution >= 4 is 5.69 Å². The van der Waals surface area contributed by atoms with E-state index in [0.29, 0.717) is 5.75 Å². The lowest BCUT2D eigenvalue weighted by atomic mass is 10.0. The van der Waals surface area contributed by atoms with Crippen molar-refractivity contribution in [2.24, 2.45) is 0 Å². The summed E-state index contributed by atoms with van der Waals surface area (Å²) < 4.78 is 44.0. The van der Waals surface area contributed by atoms with Crippen LogP contribution in [0.25, 0.3) is 0 Å². The molecule has 0 N–H and O–H groups in total. The molecule has 0 radical (unpaired) electrons. The van der Waals surface area contributed by atoms with E-state index in [0.717, 1.165) is 0 Å². The molecule has 0 aliphatic rings. The highest BCUT2D eigenvalue weighted by atomic mass is 19.3. The lowest BCUT2D eigenvalue weighted by Gasteiger charge is -2.26. The molecule has 0 saturated heterocycles. The zero-order valence-corrected chi connectivity index (χ0v) is 13.6. The number of nitro groups is 1. The van der Waals surface area contributed by atoms with E-state index < -0.39 is 23.6 Å². The van der Waals surface area contributed by atoms with Gasteiger partial charge >= 0.3 is 5.92 Å². The summed E-state index contributed by atoms with van der Waals surface area (Å²) >= 11 is 0. The van der Waals surface area contributed by atoms with Gasteiger partial charge in [-0.15, -0.1) is 0 Å². The third-order valence-electron chi connectivity index (χ3n) is 3.52. The number of nitro benzene ring substituents is 1. The Hall–Kier alpha value is -2.74. The molecular formula is C17H17F2NO5. The van der Waals surface area contributed by atoms with Crippen LogP contribution in [-0.2, 0) is 4.74 Å². The highest BCUT2D eigenvalue weighted by Gasteiger charge is 2.42. The molecule has 0 heterocycles. The van der Waals surface area contributed by atoms with Crippen molar-refractivity contribution in [2.45, 2.75) is 12.0 Å². The van der Waals surface area contributed by atoms with E-state index in [4.69, 9.17) is 14.2 Å². The first-order chi connectivity index (χ1) is 11.9. The summed E-state index contributed by atoms with van der Waals surface area (Å²) in [5.74, 6) is -2.66. The van der Waals surface area contributed by atoms with Crippen molar-refractivity contribution in [2.75, 3.05) is 20.8 Å². The summed E-state index contributed by atoms with van der Waals surface area (Å²) in [6.45, 7) is -0.935. The Labute approximate surface area is 143 Å². The minimum absolute atomic E-state index is 0.106. The number of nitrogens with zero attached hydrogens (tertiary/aromatic N) is 1. The molecule has 8 heteroatoms. The smallest absolute Gasteiger partial charge is 0.310 e. The molecule has 0 saturated carbocycles. The number of alkyl halides is 2. The van der Waals surface area contributed by atoms with E-state index in [9.17, 15) is 18.9 Å². The monoisotopic (exact) mass is 353 g/mol. The van der Waals surface area contributed by atoms with Crippen molar-refractivity contribution in [1.29, 1.82) is 0 Å². The van der Waals surface area contributed by atoms with E-state index in [1.807, 2.05) is 0 Å². The van der Waals surface area contributed by atoms with Crippen LogP contribution >= 0.6 is 0 Å². The molecule has 1 unspecified atom stereocenters. The Morgan fingerprint density at radius 1 is 1.04 bits per heavy atom. The zero-order valence-electron chi connectivity index (χ0n) is 13.6. The van der Waals surface area contributed by atoms with Gasteiger partial charge in [0.25, 0.3) is 5.69 Å². The SMILES string of the molecule is COc1ccc(C(OC)C(F)(F)COc2ccc([N+](=O)[O-])cc2)cc1. The number of halogens is 2. The molecule has 0 amide bonds. The Morgan fingerprint density at radius 3 is 2.08 bits per heavy atom. The molecule has 0 spiro atoms. The van der Waals surface area contributed by atoms with Crippen LogP contribution < -0.4 is 9.47 Å². The van der Waals surface area contributed by atoms with Crippen molar-refractivity contribution in [3.63, 3.8) is 0 Å². The second kappa shape index (κ2) is 7.89. The third kappa shape index (κ3) is 4.63. The maximum atomic E-state index is 14.5. The molecule has 0 fully saturated rings. The first-order valence-corrected chi connectivity index (χ1v) is 7.29. The molecular weight excluding hydrogens is 336 g/mol. The highest BCUT2D eigenvalue weighted by Crippen LogP contribution is 2.35. The van der Waals surface area contributed by atoms with Gasteiger partial charge in [-0.1, -0.05) is 12.1 Å². The number of hydrogen-bond acceptors (Lipinski definition) is 5. The molecule has 0 aliphatic heterocycles. The zero-order chi connectivity index (χ0) is 18.4. The minimum atomic E-state index is -3.31. The summed E-state index contributed by atoms with van der Waals surface area (Å²) in [6, 6.07) is 11.0. The molecule has 2 rings (SSSR count). The molecule has 134 valence electrons. The van der Waals surface area contributed by atoms with Crippen molar-refractivity contribution in [3.8, 4) is 11.5 Å². The van der Waals surface area contributed by atoms with Crippen molar-refractivity contribution in [1.82, 2.24) is 0 Å². The van der Waals surface area contributed by atoms with Gasteiger partial charge in [-0.2, -0.15) is 8.78 Å². The average molecular weight is 353 g/mol. The number of ether oxygens (including phenoxy) is 3. The number of methoxy groups -OCH3 is 2. The van der Waals surface area contributed by atoms with Crippen LogP contribution in [0.3, 0.4) is 0 Å². The Bertz CT molecular complexity index is 704. The van der Waals surface area contributed by atoms with Gasteiger partial charge < -0.3 is 14.2 Å². The van der Waals surface area contributed by atoms with Gasteiger partial charge in [0.1, 0.15) is 17.6 Å². The summed E-state index contributed by atoms with van der Waals surface area (Å²) in [4.78, 5) is 10.00. The summed E-state index contributed by atoms with van der Waals surface area (Å²) in [5.41, 5.74) is 0.132. The lowest BCUT2D eigenvalue weighted by molar-refractivity contribution is -0.384. The van der Waals surface area contributed by atoms with Crippen LogP contribution in [0.15, 0.2) is 48.5 Å². The fourth-order valence-corrected chi connectivity index (χ4v) is 2.25. The van der Waals surface area contributed by atoms with Crippen molar-refractivity contribution < 1.29 is 27.9 Å². The molecule has 6 nitrogen and oxygen atoms in total. The Morgan fingerprint density at radius 2 is 1.60 bits per heavy atom. The first-order valence-electron chi connectivity index (χ1n) is 7.29. The number of hydrogen-bond donors (Lipinski definition) is 0. The topological polar surface area (TPSA) is 70.8 Å². The van der Waals surface area contributed by atoms with Gasteiger partial charge in [0, 0.05) is 19.2 Å². The summed E-state index contributed by atoms with van der Waals surface area (Å²) in [6.07, 6.45) is -1.50.